The normalized spacial score (nSPS) is 24.7. The smallest absolute Gasteiger partial charge is 0.161 e. The zero-order valence-corrected chi connectivity index (χ0v) is 15.0. The minimum absolute atomic E-state index is 0.0677. The van der Waals surface area contributed by atoms with Crippen molar-refractivity contribution in [2.75, 3.05) is 27.3 Å². The molecular formula is C19H29NO3. The fourth-order valence-electron chi connectivity index (χ4n) is 3.93. The summed E-state index contributed by atoms with van der Waals surface area (Å²) in [6.45, 7) is 8.54. The highest BCUT2D eigenvalue weighted by Crippen LogP contribution is 2.42. The van der Waals surface area contributed by atoms with Gasteiger partial charge in [0.25, 0.3) is 0 Å². The van der Waals surface area contributed by atoms with E-state index in [-0.39, 0.29) is 5.60 Å². The first-order valence-electron chi connectivity index (χ1n) is 8.58. The van der Waals surface area contributed by atoms with E-state index in [9.17, 15) is 0 Å². The van der Waals surface area contributed by atoms with Crippen LogP contribution in [0.1, 0.15) is 50.8 Å². The number of benzene rings is 1. The van der Waals surface area contributed by atoms with E-state index in [2.05, 4.69) is 37.8 Å². The molecule has 128 valence electrons. The maximum atomic E-state index is 6.21. The van der Waals surface area contributed by atoms with Gasteiger partial charge in [-0.05, 0) is 63.3 Å². The molecule has 2 heterocycles. The van der Waals surface area contributed by atoms with Gasteiger partial charge in [0.05, 0.1) is 25.9 Å². The molecule has 0 aliphatic carbocycles. The molecule has 0 radical (unpaired) electrons. The maximum Gasteiger partial charge on any atom is 0.161 e. The maximum absolute atomic E-state index is 6.21. The number of ether oxygens (including phenoxy) is 3. The molecule has 1 aromatic carbocycles. The molecule has 4 nitrogen and oxygen atoms in total. The van der Waals surface area contributed by atoms with Crippen LogP contribution in [0.5, 0.6) is 11.5 Å². The summed E-state index contributed by atoms with van der Waals surface area (Å²) < 4.78 is 17.2. The zero-order valence-electron chi connectivity index (χ0n) is 15.0. The number of piperidine rings is 1. The summed E-state index contributed by atoms with van der Waals surface area (Å²) in [5, 5.41) is 0. The standard InChI is InChI=1S/C19H29NO3/c1-19(2,3)23-14-6-7-16-15-11-18(22-5)17(21-4)10-13(15)8-9-20(16)12-14/h10-11,14,16H,6-9,12H2,1-5H3. The molecular weight excluding hydrogens is 290 g/mol. The lowest BCUT2D eigenvalue weighted by molar-refractivity contribution is -0.0971. The van der Waals surface area contributed by atoms with E-state index in [1.807, 2.05) is 0 Å². The highest BCUT2D eigenvalue weighted by atomic mass is 16.5. The van der Waals surface area contributed by atoms with E-state index < -0.39 is 0 Å². The third kappa shape index (κ3) is 3.48. The van der Waals surface area contributed by atoms with Crippen molar-refractivity contribution in [1.82, 2.24) is 4.90 Å². The molecule has 2 unspecified atom stereocenters. The van der Waals surface area contributed by atoms with Crippen LogP contribution in [-0.4, -0.2) is 43.9 Å². The van der Waals surface area contributed by atoms with Gasteiger partial charge < -0.3 is 14.2 Å². The number of fused-ring (bicyclic) bond motifs is 3. The van der Waals surface area contributed by atoms with Crippen LogP contribution < -0.4 is 9.47 Å². The fraction of sp³-hybridized carbons (Fsp3) is 0.684. The van der Waals surface area contributed by atoms with Gasteiger partial charge in [0.1, 0.15) is 0 Å². The average molecular weight is 319 g/mol. The van der Waals surface area contributed by atoms with Gasteiger partial charge in [0.2, 0.25) is 0 Å². The Morgan fingerprint density at radius 2 is 1.74 bits per heavy atom. The topological polar surface area (TPSA) is 30.9 Å². The summed E-state index contributed by atoms with van der Waals surface area (Å²) in [7, 11) is 3.41. The second-order valence-electron chi connectivity index (χ2n) is 7.60. The van der Waals surface area contributed by atoms with Crippen molar-refractivity contribution in [2.45, 2.75) is 57.8 Å². The predicted molar refractivity (Wildman–Crippen MR) is 91.4 cm³/mol. The van der Waals surface area contributed by atoms with Gasteiger partial charge in [0, 0.05) is 19.1 Å². The van der Waals surface area contributed by atoms with Crippen LogP contribution in [0.15, 0.2) is 12.1 Å². The number of methoxy groups -OCH3 is 2. The lowest BCUT2D eigenvalue weighted by atomic mass is 9.85. The van der Waals surface area contributed by atoms with Crippen LogP contribution in [0.25, 0.3) is 0 Å². The summed E-state index contributed by atoms with van der Waals surface area (Å²) in [6, 6.07) is 4.82. The molecule has 2 atom stereocenters. The molecule has 1 aromatic rings. The summed E-state index contributed by atoms with van der Waals surface area (Å²) in [5.41, 5.74) is 2.74. The van der Waals surface area contributed by atoms with E-state index in [1.165, 1.54) is 11.1 Å². The van der Waals surface area contributed by atoms with E-state index in [0.717, 1.165) is 43.9 Å². The number of hydrogen-bond donors (Lipinski definition) is 0. The van der Waals surface area contributed by atoms with E-state index in [1.54, 1.807) is 14.2 Å². The predicted octanol–water partition coefficient (Wildman–Crippen LogP) is 3.58. The molecule has 1 fully saturated rings. The Balaban J connectivity index is 1.81. The number of hydrogen-bond acceptors (Lipinski definition) is 4. The quantitative estimate of drug-likeness (QED) is 0.852. The molecule has 0 amide bonds. The minimum atomic E-state index is -0.0677. The first kappa shape index (κ1) is 16.6. The van der Waals surface area contributed by atoms with Crippen LogP contribution in [0, 0.1) is 0 Å². The second kappa shape index (κ2) is 6.33. The monoisotopic (exact) mass is 319 g/mol. The van der Waals surface area contributed by atoms with Crippen LogP contribution in [0.4, 0.5) is 0 Å². The third-order valence-corrected chi connectivity index (χ3v) is 4.83. The van der Waals surface area contributed by atoms with Gasteiger partial charge in [-0.2, -0.15) is 0 Å². The first-order valence-corrected chi connectivity index (χ1v) is 8.58. The molecule has 0 saturated carbocycles. The Hall–Kier alpha value is -1.26. The van der Waals surface area contributed by atoms with Crippen molar-refractivity contribution < 1.29 is 14.2 Å². The lowest BCUT2D eigenvalue weighted by Crippen LogP contribution is -2.47. The molecule has 2 aliphatic rings. The van der Waals surface area contributed by atoms with Crippen molar-refractivity contribution in [3.8, 4) is 11.5 Å². The molecule has 4 heteroatoms. The van der Waals surface area contributed by atoms with Crippen molar-refractivity contribution in [3.63, 3.8) is 0 Å². The van der Waals surface area contributed by atoms with Gasteiger partial charge in [0.15, 0.2) is 11.5 Å². The average Bonchev–Trinajstić information content (AvgIpc) is 2.51. The zero-order chi connectivity index (χ0) is 16.6. The third-order valence-electron chi connectivity index (χ3n) is 4.83. The Bertz CT molecular complexity index is 564. The first-order chi connectivity index (χ1) is 10.9. The van der Waals surface area contributed by atoms with Crippen molar-refractivity contribution in [3.05, 3.63) is 23.3 Å². The second-order valence-corrected chi connectivity index (χ2v) is 7.60. The van der Waals surface area contributed by atoms with E-state index in [4.69, 9.17) is 14.2 Å². The Labute approximate surface area is 139 Å². The Kier molecular flexibility index (Phi) is 4.56. The molecule has 0 aromatic heterocycles. The molecule has 0 N–H and O–H groups in total. The largest absolute Gasteiger partial charge is 0.493 e. The van der Waals surface area contributed by atoms with E-state index in [0.29, 0.717) is 12.1 Å². The van der Waals surface area contributed by atoms with Crippen LogP contribution in [0.2, 0.25) is 0 Å². The van der Waals surface area contributed by atoms with Crippen molar-refractivity contribution in [1.29, 1.82) is 0 Å². The van der Waals surface area contributed by atoms with Crippen LogP contribution in [0.3, 0.4) is 0 Å². The van der Waals surface area contributed by atoms with Gasteiger partial charge in [-0.15, -0.1) is 0 Å². The number of nitrogens with zero attached hydrogens (tertiary/aromatic N) is 1. The fourth-order valence-corrected chi connectivity index (χ4v) is 3.93. The molecule has 23 heavy (non-hydrogen) atoms. The summed E-state index contributed by atoms with van der Waals surface area (Å²) >= 11 is 0. The summed E-state index contributed by atoms with van der Waals surface area (Å²) in [5.74, 6) is 1.67. The van der Waals surface area contributed by atoms with Crippen LogP contribution in [-0.2, 0) is 11.2 Å². The van der Waals surface area contributed by atoms with Gasteiger partial charge >= 0.3 is 0 Å². The summed E-state index contributed by atoms with van der Waals surface area (Å²) in [4.78, 5) is 2.58. The highest BCUT2D eigenvalue weighted by molar-refractivity contribution is 5.49. The van der Waals surface area contributed by atoms with Gasteiger partial charge in [-0.25, -0.2) is 0 Å². The van der Waals surface area contributed by atoms with Gasteiger partial charge in [-0.1, -0.05) is 0 Å². The molecule has 0 bridgehead atoms. The van der Waals surface area contributed by atoms with E-state index >= 15 is 0 Å². The Morgan fingerprint density at radius 3 is 2.39 bits per heavy atom. The van der Waals surface area contributed by atoms with Gasteiger partial charge in [-0.3, -0.25) is 4.90 Å². The minimum Gasteiger partial charge on any atom is -0.493 e. The van der Waals surface area contributed by atoms with Crippen molar-refractivity contribution >= 4 is 0 Å². The molecule has 2 aliphatic heterocycles. The Morgan fingerprint density at radius 1 is 1.04 bits per heavy atom. The number of rotatable bonds is 3. The molecule has 1 saturated heterocycles. The van der Waals surface area contributed by atoms with Crippen molar-refractivity contribution in [2.24, 2.45) is 0 Å². The SMILES string of the molecule is COc1cc2c(cc1OC)C1CCC(OC(C)(C)C)CN1CC2. The lowest BCUT2D eigenvalue weighted by Gasteiger charge is -2.44. The van der Waals surface area contributed by atoms with Crippen LogP contribution >= 0.6 is 0 Å². The summed E-state index contributed by atoms with van der Waals surface area (Å²) in [6.07, 6.45) is 3.66. The molecule has 3 rings (SSSR count). The molecule has 0 spiro atoms. The highest BCUT2D eigenvalue weighted by Gasteiger charge is 2.35.